The van der Waals surface area contributed by atoms with Crippen molar-refractivity contribution in [3.63, 3.8) is 0 Å². The van der Waals surface area contributed by atoms with Crippen molar-refractivity contribution in [1.82, 2.24) is 0 Å². The monoisotopic (exact) mass is 302 g/mol. The molecule has 0 heterocycles. The summed E-state index contributed by atoms with van der Waals surface area (Å²) in [6.45, 7) is 7.14. The Morgan fingerprint density at radius 1 is 1.09 bits per heavy atom. The van der Waals surface area contributed by atoms with E-state index >= 15 is 0 Å². The first-order valence-corrected chi connectivity index (χ1v) is 9.84. The number of hydrogen-bond acceptors (Lipinski definition) is 1. The van der Waals surface area contributed by atoms with Crippen LogP contribution in [-0.4, -0.2) is 11.2 Å². The number of hydrogen-bond donors (Lipinski definition) is 1. The summed E-state index contributed by atoms with van der Waals surface area (Å²) < 4.78 is 0. The van der Waals surface area contributed by atoms with Crippen LogP contribution in [0.3, 0.4) is 0 Å². The molecule has 0 aromatic rings. The third-order valence-electron chi connectivity index (χ3n) is 8.67. The molecule has 4 rings (SSSR count). The van der Waals surface area contributed by atoms with Gasteiger partial charge in [-0.15, -0.1) is 0 Å². The standard InChI is InChI=1S/C21H34O/c1-14(22)17-9-10-18-16-8-7-15-6-4-5-12-20(15,2)19(16)11-13-21(17,18)3/h7,14,16-19,22H,4-6,8-13H2,1-3H3/t14?,16-,17-,18-,19-,20-,21+/m0/s1. The first-order chi connectivity index (χ1) is 10.5. The summed E-state index contributed by atoms with van der Waals surface area (Å²) in [5, 5.41) is 10.3. The van der Waals surface area contributed by atoms with E-state index < -0.39 is 0 Å². The summed E-state index contributed by atoms with van der Waals surface area (Å²) in [4.78, 5) is 0. The molecule has 1 unspecified atom stereocenters. The molecular formula is C21H34O. The predicted octanol–water partition coefficient (Wildman–Crippen LogP) is 5.34. The Balaban J connectivity index is 1.66. The molecule has 3 saturated carbocycles. The van der Waals surface area contributed by atoms with E-state index in [1.54, 1.807) is 0 Å². The summed E-state index contributed by atoms with van der Waals surface area (Å²) in [6, 6.07) is 0. The SMILES string of the molecule is CC(O)[C@@H]1CC[C@H]2[C@@H]3CC=C4CCCC[C@]4(C)[C@H]3CC[C@]12C. The minimum atomic E-state index is -0.119. The zero-order valence-corrected chi connectivity index (χ0v) is 14.8. The molecule has 0 spiro atoms. The second-order valence-electron chi connectivity index (χ2n) is 9.44. The van der Waals surface area contributed by atoms with Gasteiger partial charge in [-0.05, 0) is 92.8 Å². The molecule has 0 aromatic heterocycles. The van der Waals surface area contributed by atoms with Gasteiger partial charge in [-0.25, -0.2) is 0 Å². The molecular weight excluding hydrogens is 268 g/mol. The van der Waals surface area contributed by atoms with Crippen LogP contribution >= 0.6 is 0 Å². The Hall–Kier alpha value is -0.300. The van der Waals surface area contributed by atoms with E-state index in [2.05, 4.69) is 19.9 Å². The van der Waals surface area contributed by atoms with Crippen molar-refractivity contribution < 1.29 is 5.11 Å². The van der Waals surface area contributed by atoms with Crippen molar-refractivity contribution in [2.45, 2.75) is 84.7 Å². The van der Waals surface area contributed by atoms with Gasteiger partial charge in [0.25, 0.3) is 0 Å². The highest BCUT2D eigenvalue weighted by molar-refractivity contribution is 5.24. The van der Waals surface area contributed by atoms with Crippen LogP contribution in [0.2, 0.25) is 0 Å². The van der Waals surface area contributed by atoms with Gasteiger partial charge in [0, 0.05) is 0 Å². The second-order valence-corrected chi connectivity index (χ2v) is 9.44. The predicted molar refractivity (Wildman–Crippen MR) is 91.5 cm³/mol. The molecule has 0 radical (unpaired) electrons. The zero-order valence-electron chi connectivity index (χ0n) is 14.8. The second kappa shape index (κ2) is 5.10. The highest BCUT2D eigenvalue weighted by atomic mass is 16.3. The number of aliphatic hydroxyl groups excluding tert-OH is 1. The van der Waals surface area contributed by atoms with E-state index in [0.29, 0.717) is 16.7 Å². The molecule has 0 saturated heterocycles. The molecule has 3 fully saturated rings. The molecule has 7 atom stereocenters. The van der Waals surface area contributed by atoms with Crippen LogP contribution in [0.5, 0.6) is 0 Å². The molecule has 0 aliphatic heterocycles. The van der Waals surface area contributed by atoms with Crippen molar-refractivity contribution in [3.05, 3.63) is 11.6 Å². The van der Waals surface area contributed by atoms with Gasteiger partial charge < -0.3 is 5.11 Å². The first kappa shape index (κ1) is 15.2. The van der Waals surface area contributed by atoms with Gasteiger partial charge in [0.1, 0.15) is 0 Å². The van der Waals surface area contributed by atoms with Crippen LogP contribution in [0.25, 0.3) is 0 Å². The van der Waals surface area contributed by atoms with Crippen molar-refractivity contribution in [2.75, 3.05) is 0 Å². The molecule has 4 aliphatic carbocycles. The van der Waals surface area contributed by atoms with Crippen LogP contribution in [0.4, 0.5) is 0 Å². The number of fused-ring (bicyclic) bond motifs is 5. The highest BCUT2D eigenvalue weighted by Gasteiger charge is 2.58. The summed E-state index contributed by atoms with van der Waals surface area (Å²) in [5.41, 5.74) is 2.74. The topological polar surface area (TPSA) is 20.2 Å². The van der Waals surface area contributed by atoms with Crippen LogP contribution in [-0.2, 0) is 0 Å². The van der Waals surface area contributed by atoms with Crippen LogP contribution < -0.4 is 0 Å². The lowest BCUT2D eigenvalue weighted by Gasteiger charge is -2.58. The van der Waals surface area contributed by atoms with Gasteiger partial charge >= 0.3 is 0 Å². The van der Waals surface area contributed by atoms with E-state index in [-0.39, 0.29) is 6.10 Å². The van der Waals surface area contributed by atoms with E-state index in [1.807, 2.05) is 12.5 Å². The maximum absolute atomic E-state index is 10.3. The maximum atomic E-state index is 10.3. The fraction of sp³-hybridized carbons (Fsp3) is 0.905. The van der Waals surface area contributed by atoms with Crippen LogP contribution in [0.1, 0.15) is 78.6 Å². The molecule has 124 valence electrons. The summed E-state index contributed by atoms with van der Waals surface area (Å²) in [5.74, 6) is 3.23. The van der Waals surface area contributed by atoms with E-state index in [0.717, 1.165) is 17.8 Å². The minimum absolute atomic E-state index is 0.119. The number of allylic oxidation sites excluding steroid dienone is 2. The van der Waals surface area contributed by atoms with Gasteiger partial charge in [-0.3, -0.25) is 0 Å². The lowest BCUT2D eigenvalue weighted by atomic mass is 9.47. The molecule has 4 aliphatic rings. The van der Waals surface area contributed by atoms with Crippen molar-refractivity contribution in [3.8, 4) is 0 Å². The van der Waals surface area contributed by atoms with Gasteiger partial charge in [-0.2, -0.15) is 0 Å². The van der Waals surface area contributed by atoms with Gasteiger partial charge in [0.2, 0.25) is 0 Å². The van der Waals surface area contributed by atoms with Crippen molar-refractivity contribution in [2.24, 2.45) is 34.5 Å². The fourth-order valence-corrected chi connectivity index (χ4v) is 7.53. The van der Waals surface area contributed by atoms with Gasteiger partial charge in [-0.1, -0.05) is 31.9 Å². The summed E-state index contributed by atoms with van der Waals surface area (Å²) in [6.07, 6.45) is 14.9. The lowest BCUT2D eigenvalue weighted by Crippen LogP contribution is -2.50. The molecule has 1 heteroatoms. The molecule has 0 bridgehead atoms. The Morgan fingerprint density at radius 3 is 2.68 bits per heavy atom. The Bertz CT molecular complexity index is 478. The third kappa shape index (κ3) is 1.93. The minimum Gasteiger partial charge on any atom is -0.393 e. The summed E-state index contributed by atoms with van der Waals surface area (Å²) in [7, 11) is 0. The number of rotatable bonds is 1. The van der Waals surface area contributed by atoms with Crippen molar-refractivity contribution >= 4 is 0 Å². The first-order valence-electron chi connectivity index (χ1n) is 9.84. The van der Waals surface area contributed by atoms with Gasteiger partial charge in [0.05, 0.1) is 6.10 Å². The van der Waals surface area contributed by atoms with Crippen molar-refractivity contribution in [1.29, 1.82) is 0 Å². The largest absolute Gasteiger partial charge is 0.393 e. The van der Waals surface area contributed by atoms with Gasteiger partial charge in [0.15, 0.2) is 0 Å². The molecule has 22 heavy (non-hydrogen) atoms. The van der Waals surface area contributed by atoms with E-state index in [4.69, 9.17) is 0 Å². The van der Waals surface area contributed by atoms with Crippen LogP contribution in [0, 0.1) is 34.5 Å². The third-order valence-corrected chi connectivity index (χ3v) is 8.67. The average molecular weight is 303 g/mol. The maximum Gasteiger partial charge on any atom is 0.0545 e. The smallest absolute Gasteiger partial charge is 0.0545 e. The average Bonchev–Trinajstić information content (AvgIpc) is 2.84. The van der Waals surface area contributed by atoms with E-state index in [9.17, 15) is 5.11 Å². The fourth-order valence-electron chi connectivity index (χ4n) is 7.53. The van der Waals surface area contributed by atoms with Crippen LogP contribution in [0.15, 0.2) is 11.6 Å². The number of aliphatic hydroxyl groups is 1. The molecule has 1 N–H and O–H groups in total. The van der Waals surface area contributed by atoms with E-state index in [1.165, 1.54) is 57.8 Å². The molecule has 1 nitrogen and oxygen atoms in total. The highest BCUT2D eigenvalue weighted by Crippen LogP contribution is 2.66. The zero-order chi connectivity index (χ0) is 15.5. The molecule has 0 amide bonds. The normalized spacial score (nSPS) is 52.3. The quantitative estimate of drug-likeness (QED) is 0.648. The Morgan fingerprint density at radius 2 is 1.91 bits per heavy atom. The lowest BCUT2D eigenvalue weighted by molar-refractivity contribution is -0.0620. The molecule has 0 aromatic carbocycles. The summed E-state index contributed by atoms with van der Waals surface area (Å²) >= 11 is 0. The Labute approximate surface area is 136 Å². The Kier molecular flexibility index (Phi) is 3.53.